The number of likely N-dealkylation sites (tertiary alicyclic amines) is 1. The minimum atomic E-state index is 0.0116. The molecule has 5 rings (SSSR count). The quantitative estimate of drug-likeness (QED) is 0.869. The Morgan fingerprint density at radius 3 is 2.85 bits per heavy atom. The molecule has 1 N–H and O–H groups in total. The maximum Gasteiger partial charge on any atom is 0.317 e. The molecule has 0 bridgehead atoms. The molecule has 3 aliphatic rings. The summed E-state index contributed by atoms with van der Waals surface area (Å²) in [5.74, 6) is 0.121. The fraction of sp³-hybridized carbons (Fsp3) is 0.429. The lowest BCUT2D eigenvalue weighted by Gasteiger charge is -2.36. The normalized spacial score (nSPS) is 21.6. The second-order valence-corrected chi connectivity index (χ2v) is 8.65. The standard InChI is InChI=1S/C21H23N3O2S/c25-20(23-10-3-5-16(13-23)24-11-9-22-21(24)26)18-12-15-8-7-14-4-1-2-6-17(14)19(15)27-18/h1-2,4,6,12,16H,3,5,7-11,13H2,(H,22,26)/t16-/m1/s1. The molecular weight excluding hydrogens is 358 g/mol. The van der Waals surface area contributed by atoms with Crippen LogP contribution in [-0.2, 0) is 12.8 Å². The minimum absolute atomic E-state index is 0.0116. The van der Waals surface area contributed by atoms with Gasteiger partial charge in [-0.1, -0.05) is 24.3 Å². The maximum absolute atomic E-state index is 13.2. The molecule has 1 aliphatic carbocycles. The van der Waals surface area contributed by atoms with Crippen LogP contribution in [0, 0.1) is 0 Å². The van der Waals surface area contributed by atoms with E-state index >= 15 is 0 Å². The van der Waals surface area contributed by atoms with Crippen LogP contribution in [0.3, 0.4) is 0 Å². The smallest absolute Gasteiger partial charge is 0.317 e. The van der Waals surface area contributed by atoms with Crippen molar-refractivity contribution in [3.8, 4) is 10.4 Å². The van der Waals surface area contributed by atoms with Gasteiger partial charge in [0.25, 0.3) is 5.91 Å². The Hall–Kier alpha value is -2.34. The van der Waals surface area contributed by atoms with Crippen LogP contribution in [0.15, 0.2) is 30.3 Å². The summed E-state index contributed by atoms with van der Waals surface area (Å²) in [6.07, 6.45) is 3.98. The molecule has 2 aromatic rings. The molecule has 27 heavy (non-hydrogen) atoms. The van der Waals surface area contributed by atoms with Gasteiger partial charge in [-0.25, -0.2) is 4.79 Å². The third-order valence-corrected chi connectivity index (χ3v) is 7.16. The number of carbonyl (C=O) groups is 2. The van der Waals surface area contributed by atoms with Gasteiger partial charge in [-0.15, -0.1) is 11.3 Å². The lowest BCUT2D eigenvalue weighted by Crippen LogP contribution is -2.50. The topological polar surface area (TPSA) is 52.7 Å². The van der Waals surface area contributed by atoms with Crippen molar-refractivity contribution in [1.82, 2.24) is 15.1 Å². The first-order valence-corrected chi connectivity index (χ1v) is 10.6. The lowest BCUT2D eigenvalue weighted by atomic mass is 9.91. The summed E-state index contributed by atoms with van der Waals surface area (Å²) in [6.45, 7) is 2.88. The summed E-state index contributed by atoms with van der Waals surface area (Å²) >= 11 is 1.63. The minimum Gasteiger partial charge on any atom is -0.336 e. The molecule has 2 saturated heterocycles. The zero-order valence-corrected chi connectivity index (χ0v) is 16.1. The van der Waals surface area contributed by atoms with Gasteiger partial charge in [0.05, 0.1) is 10.9 Å². The molecule has 0 unspecified atom stereocenters. The third kappa shape index (κ3) is 2.92. The highest BCUT2D eigenvalue weighted by Crippen LogP contribution is 2.40. The van der Waals surface area contributed by atoms with Crippen LogP contribution in [0.2, 0.25) is 0 Å². The summed E-state index contributed by atoms with van der Waals surface area (Å²) in [7, 11) is 0. The fourth-order valence-electron chi connectivity index (χ4n) is 4.56. The van der Waals surface area contributed by atoms with Crippen molar-refractivity contribution in [3.05, 3.63) is 46.3 Å². The molecule has 3 heterocycles. The first kappa shape index (κ1) is 16.8. The Kier molecular flexibility index (Phi) is 4.16. The summed E-state index contributed by atoms with van der Waals surface area (Å²) in [5.41, 5.74) is 3.96. The van der Waals surface area contributed by atoms with Crippen molar-refractivity contribution in [2.45, 2.75) is 31.7 Å². The zero-order chi connectivity index (χ0) is 18.4. The van der Waals surface area contributed by atoms with Gasteiger partial charge in [0.1, 0.15) is 0 Å². The number of urea groups is 1. The molecule has 0 spiro atoms. The molecule has 0 saturated carbocycles. The molecule has 140 valence electrons. The first-order valence-electron chi connectivity index (χ1n) is 9.75. The van der Waals surface area contributed by atoms with Crippen molar-refractivity contribution in [2.24, 2.45) is 0 Å². The van der Waals surface area contributed by atoms with E-state index in [4.69, 9.17) is 0 Å². The van der Waals surface area contributed by atoms with E-state index in [-0.39, 0.29) is 18.0 Å². The van der Waals surface area contributed by atoms with E-state index in [0.717, 1.165) is 43.6 Å². The largest absolute Gasteiger partial charge is 0.336 e. The number of aryl methyl sites for hydroxylation is 2. The van der Waals surface area contributed by atoms with Gasteiger partial charge in [0.15, 0.2) is 0 Å². The van der Waals surface area contributed by atoms with Gasteiger partial charge < -0.3 is 15.1 Å². The number of hydrogen-bond acceptors (Lipinski definition) is 3. The van der Waals surface area contributed by atoms with E-state index in [1.54, 1.807) is 11.3 Å². The summed E-state index contributed by atoms with van der Waals surface area (Å²) in [4.78, 5) is 31.1. The summed E-state index contributed by atoms with van der Waals surface area (Å²) < 4.78 is 0. The second kappa shape index (κ2) is 6.68. The van der Waals surface area contributed by atoms with Crippen molar-refractivity contribution >= 4 is 23.3 Å². The van der Waals surface area contributed by atoms with Crippen LogP contribution in [-0.4, -0.2) is 54.0 Å². The highest BCUT2D eigenvalue weighted by atomic mass is 32.1. The molecule has 3 amide bonds. The Bertz CT molecular complexity index is 907. The Balaban J connectivity index is 1.37. The van der Waals surface area contributed by atoms with E-state index in [0.29, 0.717) is 13.1 Å². The van der Waals surface area contributed by atoms with Crippen molar-refractivity contribution in [3.63, 3.8) is 0 Å². The molecule has 1 aromatic heterocycles. The van der Waals surface area contributed by atoms with E-state index < -0.39 is 0 Å². The molecular formula is C21H23N3O2S. The van der Waals surface area contributed by atoms with Crippen LogP contribution in [0.25, 0.3) is 10.4 Å². The average molecular weight is 382 g/mol. The summed E-state index contributed by atoms with van der Waals surface area (Å²) in [6, 6.07) is 10.8. The van der Waals surface area contributed by atoms with Gasteiger partial charge in [0, 0.05) is 31.1 Å². The molecule has 6 heteroatoms. The van der Waals surface area contributed by atoms with E-state index in [2.05, 4.69) is 35.6 Å². The molecule has 1 atom stereocenters. The van der Waals surface area contributed by atoms with Gasteiger partial charge >= 0.3 is 6.03 Å². The van der Waals surface area contributed by atoms with Crippen molar-refractivity contribution in [2.75, 3.05) is 26.2 Å². The molecule has 0 radical (unpaired) electrons. The number of fused-ring (bicyclic) bond motifs is 3. The molecule has 2 aliphatic heterocycles. The summed E-state index contributed by atoms with van der Waals surface area (Å²) in [5, 5.41) is 2.87. The number of carbonyl (C=O) groups excluding carboxylic acids is 2. The lowest BCUT2D eigenvalue weighted by molar-refractivity contribution is 0.0639. The number of amides is 3. The highest BCUT2D eigenvalue weighted by molar-refractivity contribution is 7.17. The Labute approximate surface area is 163 Å². The van der Waals surface area contributed by atoms with Gasteiger partial charge in [-0.3, -0.25) is 4.79 Å². The number of hydrogen-bond donors (Lipinski definition) is 1. The van der Waals surface area contributed by atoms with Crippen LogP contribution in [0.5, 0.6) is 0 Å². The number of benzene rings is 1. The Morgan fingerprint density at radius 2 is 2.00 bits per heavy atom. The van der Waals surface area contributed by atoms with Crippen LogP contribution in [0.4, 0.5) is 4.79 Å². The van der Waals surface area contributed by atoms with E-state index in [9.17, 15) is 9.59 Å². The van der Waals surface area contributed by atoms with Crippen LogP contribution in [0.1, 0.15) is 33.6 Å². The SMILES string of the molecule is O=C(c1cc2c(s1)-c1ccccc1CC2)N1CCC[C@@H](N2CCNC2=O)C1. The average Bonchev–Trinajstić information content (AvgIpc) is 3.33. The zero-order valence-electron chi connectivity index (χ0n) is 15.2. The van der Waals surface area contributed by atoms with Gasteiger partial charge in [0.2, 0.25) is 0 Å². The van der Waals surface area contributed by atoms with Gasteiger partial charge in [-0.2, -0.15) is 0 Å². The maximum atomic E-state index is 13.2. The van der Waals surface area contributed by atoms with Gasteiger partial charge in [-0.05, 0) is 48.4 Å². The van der Waals surface area contributed by atoms with E-state index in [1.165, 1.54) is 21.6 Å². The number of nitrogens with one attached hydrogen (secondary N) is 1. The number of piperidine rings is 1. The number of thiophene rings is 1. The van der Waals surface area contributed by atoms with E-state index in [1.807, 2.05) is 9.80 Å². The first-order chi connectivity index (χ1) is 13.2. The fourth-order valence-corrected chi connectivity index (χ4v) is 5.80. The predicted molar refractivity (Wildman–Crippen MR) is 106 cm³/mol. The van der Waals surface area contributed by atoms with Crippen molar-refractivity contribution in [1.29, 1.82) is 0 Å². The molecule has 1 aromatic carbocycles. The predicted octanol–water partition coefficient (Wildman–Crippen LogP) is 3.14. The monoisotopic (exact) mass is 381 g/mol. The van der Waals surface area contributed by atoms with Crippen molar-refractivity contribution < 1.29 is 9.59 Å². The molecule has 5 nitrogen and oxygen atoms in total. The second-order valence-electron chi connectivity index (χ2n) is 7.59. The highest BCUT2D eigenvalue weighted by Gasteiger charge is 2.34. The number of nitrogens with zero attached hydrogens (tertiary/aromatic N) is 2. The third-order valence-electron chi connectivity index (χ3n) is 5.96. The van der Waals surface area contributed by atoms with Crippen LogP contribution < -0.4 is 5.32 Å². The van der Waals surface area contributed by atoms with Crippen LogP contribution >= 0.6 is 11.3 Å². The molecule has 2 fully saturated rings. The number of rotatable bonds is 2. The Morgan fingerprint density at radius 1 is 1.15 bits per heavy atom.